The topological polar surface area (TPSA) is 148 Å². The molecule has 2 saturated heterocycles. The minimum atomic E-state index is -3.75. The van der Waals surface area contributed by atoms with E-state index in [0.717, 1.165) is 46.3 Å². The van der Waals surface area contributed by atoms with Crippen LogP contribution in [0, 0.1) is 0 Å². The number of nitrogens with one attached hydrogen (secondary N) is 3. The molecule has 1 saturated carbocycles. The molecule has 0 radical (unpaired) electrons. The summed E-state index contributed by atoms with van der Waals surface area (Å²) in [6.45, 7) is 0.686. The van der Waals surface area contributed by atoms with E-state index in [1.54, 1.807) is 7.11 Å². The van der Waals surface area contributed by atoms with Gasteiger partial charge >= 0.3 is 0 Å². The summed E-state index contributed by atoms with van der Waals surface area (Å²) in [5.74, 6) is 1.91. The Morgan fingerprint density at radius 1 is 1.05 bits per heavy atom. The number of pyridine rings is 1. The maximum absolute atomic E-state index is 13.4. The molecular weight excluding hydrogens is 572 g/mol. The summed E-state index contributed by atoms with van der Waals surface area (Å²) in [4.78, 5) is 17.6. The molecule has 222 valence electrons. The summed E-state index contributed by atoms with van der Waals surface area (Å²) < 4.78 is 45.0. The van der Waals surface area contributed by atoms with Gasteiger partial charge in [-0.25, -0.2) is 13.4 Å². The molecule has 3 N–H and O–H groups in total. The van der Waals surface area contributed by atoms with Crippen LogP contribution in [0.1, 0.15) is 36.3 Å². The Hall–Kier alpha value is -4.20. The van der Waals surface area contributed by atoms with Crippen molar-refractivity contribution >= 4 is 44.2 Å². The third-order valence-electron chi connectivity index (χ3n) is 9.24. The highest BCUT2D eigenvalue weighted by atomic mass is 32.2. The van der Waals surface area contributed by atoms with Gasteiger partial charge in [0.25, 0.3) is 0 Å². The van der Waals surface area contributed by atoms with E-state index in [-0.39, 0.29) is 34.7 Å². The van der Waals surface area contributed by atoms with Gasteiger partial charge in [-0.2, -0.15) is 9.40 Å². The molecule has 8 rings (SSSR count). The lowest BCUT2D eigenvalue weighted by Crippen LogP contribution is -2.45. The van der Waals surface area contributed by atoms with E-state index in [0.29, 0.717) is 31.1 Å². The molecule has 13 heteroatoms. The fourth-order valence-corrected chi connectivity index (χ4v) is 8.37. The zero-order valence-corrected chi connectivity index (χ0v) is 24.4. The Kier molecular flexibility index (Phi) is 5.78. The zero-order chi connectivity index (χ0) is 29.5. The second-order valence-corrected chi connectivity index (χ2v) is 13.5. The molecule has 2 aromatic heterocycles. The molecule has 3 aliphatic heterocycles. The number of H-pyrrole nitrogens is 1. The summed E-state index contributed by atoms with van der Waals surface area (Å²) in [6, 6.07) is 13.2. The highest BCUT2D eigenvalue weighted by Crippen LogP contribution is 2.65. The predicted molar refractivity (Wildman–Crippen MR) is 157 cm³/mol. The number of sulfonamides is 1. The molecule has 12 nitrogen and oxygen atoms in total. The Balaban J connectivity index is 1.05. The van der Waals surface area contributed by atoms with Crippen LogP contribution in [0.3, 0.4) is 0 Å². The van der Waals surface area contributed by atoms with Crippen molar-refractivity contribution in [3.05, 3.63) is 59.8 Å². The average molecular weight is 603 g/mol. The van der Waals surface area contributed by atoms with E-state index >= 15 is 0 Å². The number of amides is 1. The van der Waals surface area contributed by atoms with Gasteiger partial charge in [0.2, 0.25) is 15.9 Å². The molecular formula is C30H30N6O6S. The SMILES string of the molecule is COc1ccc2c(c1)[C@]1(C[C@H]1c1ccc3c(Nc4ncc(S(=O)(=O)N5CC6CCC(C5)O6)cc4OC)n[nH]c3c1)C(=O)N2. The van der Waals surface area contributed by atoms with E-state index < -0.39 is 15.4 Å². The van der Waals surface area contributed by atoms with Gasteiger partial charge in [0, 0.05) is 42.3 Å². The van der Waals surface area contributed by atoms with Gasteiger partial charge in [0.15, 0.2) is 17.4 Å². The monoisotopic (exact) mass is 602 g/mol. The number of hydrogen-bond donors (Lipinski definition) is 3. The van der Waals surface area contributed by atoms with Crippen molar-refractivity contribution in [2.75, 3.05) is 37.9 Å². The number of methoxy groups -OCH3 is 2. The molecule has 2 bridgehead atoms. The minimum Gasteiger partial charge on any atom is -0.497 e. The van der Waals surface area contributed by atoms with Crippen molar-refractivity contribution in [3.8, 4) is 11.5 Å². The lowest BCUT2D eigenvalue weighted by atomic mass is 9.91. The molecule has 1 spiro atoms. The van der Waals surface area contributed by atoms with Gasteiger partial charge in [-0.1, -0.05) is 6.07 Å². The van der Waals surface area contributed by atoms with Crippen LogP contribution in [0.5, 0.6) is 11.5 Å². The number of aromatic nitrogens is 3. The second-order valence-electron chi connectivity index (χ2n) is 11.6. The highest BCUT2D eigenvalue weighted by molar-refractivity contribution is 7.89. The predicted octanol–water partition coefficient (Wildman–Crippen LogP) is 3.65. The number of nitrogens with zero attached hydrogens (tertiary/aromatic N) is 3. The number of ether oxygens (including phenoxy) is 3. The third kappa shape index (κ3) is 4.02. The number of anilines is 3. The Morgan fingerprint density at radius 2 is 1.86 bits per heavy atom. The van der Waals surface area contributed by atoms with E-state index in [2.05, 4.69) is 25.8 Å². The third-order valence-corrected chi connectivity index (χ3v) is 11.0. The number of rotatable bonds is 7. The summed E-state index contributed by atoms with van der Waals surface area (Å²) >= 11 is 0. The Morgan fingerprint density at radius 3 is 2.63 bits per heavy atom. The Bertz CT molecular complexity index is 1900. The second kappa shape index (κ2) is 9.40. The van der Waals surface area contributed by atoms with Crippen molar-refractivity contribution in [1.29, 1.82) is 0 Å². The first kappa shape index (κ1) is 26.4. The summed E-state index contributed by atoms with van der Waals surface area (Å²) in [6.07, 6.45) is 3.69. The van der Waals surface area contributed by atoms with Gasteiger partial charge in [0.05, 0.1) is 37.4 Å². The van der Waals surface area contributed by atoms with Crippen LogP contribution in [-0.2, 0) is 25.0 Å². The lowest BCUT2D eigenvalue weighted by Gasteiger charge is -2.31. The normalized spacial score (nSPS) is 26.0. The van der Waals surface area contributed by atoms with Gasteiger partial charge in [-0.05, 0) is 60.7 Å². The van der Waals surface area contributed by atoms with E-state index in [9.17, 15) is 13.2 Å². The number of carbonyl (C=O) groups excluding carboxylic acids is 1. The number of aromatic amines is 1. The molecule has 1 amide bonds. The number of benzene rings is 2. The first-order valence-corrected chi connectivity index (χ1v) is 15.7. The van der Waals surface area contributed by atoms with Crippen LogP contribution in [-0.4, -0.2) is 73.3 Å². The molecule has 5 heterocycles. The first-order chi connectivity index (χ1) is 20.8. The maximum Gasteiger partial charge on any atom is 0.244 e. The van der Waals surface area contributed by atoms with Crippen LogP contribution in [0.2, 0.25) is 0 Å². The largest absolute Gasteiger partial charge is 0.497 e. The van der Waals surface area contributed by atoms with Crippen molar-refractivity contribution in [1.82, 2.24) is 19.5 Å². The van der Waals surface area contributed by atoms with Crippen LogP contribution in [0.4, 0.5) is 17.3 Å². The zero-order valence-electron chi connectivity index (χ0n) is 23.6. The van der Waals surface area contributed by atoms with E-state index in [1.807, 2.05) is 36.4 Å². The summed E-state index contributed by atoms with van der Waals surface area (Å²) in [5, 5.41) is 14.6. The van der Waals surface area contributed by atoms with Gasteiger partial charge in [-0.15, -0.1) is 0 Å². The van der Waals surface area contributed by atoms with Crippen LogP contribution >= 0.6 is 0 Å². The number of hydrogen-bond acceptors (Lipinski definition) is 9. The van der Waals surface area contributed by atoms with Gasteiger partial charge in [-0.3, -0.25) is 9.89 Å². The van der Waals surface area contributed by atoms with Crippen molar-refractivity contribution in [2.24, 2.45) is 0 Å². The van der Waals surface area contributed by atoms with E-state index in [4.69, 9.17) is 14.2 Å². The van der Waals surface area contributed by atoms with Crippen molar-refractivity contribution in [3.63, 3.8) is 0 Å². The van der Waals surface area contributed by atoms with Crippen molar-refractivity contribution < 1.29 is 27.4 Å². The molecule has 3 fully saturated rings. The van der Waals surface area contributed by atoms with Gasteiger partial charge in [0.1, 0.15) is 10.6 Å². The Labute approximate surface area is 247 Å². The quantitative estimate of drug-likeness (QED) is 0.288. The summed E-state index contributed by atoms with van der Waals surface area (Å²) in [7, 11) is -0.657. The lowest BCUT2D eigenvalue weighted by molar-refractivity contribution is -0.118. The van der Waals surface area contributed by atoms with E-state index in [1.165, 1.54) is 23.7 Å². The van der Waals surface area contributed by atoms with Crippen LogP contribution < -0.4 is 20.1 Å². The standard InChI is InChI=1S/C30H30N6O6S/c1-40-17-6-8-24-22(10-17)30(29(37)32-24)12-23(30)16-3-7-21-25(9-16)34-35-27(21)33-28-26(41-2)11-20(13-31-28)43(38,39)36-14-18-4-5-19(15-36)42-18/h3,6-11,13,18-19,23H,4-5,12,14-15H2,1-2H3,(H,32,37)(H2,31,33,34,35)/t18?,19?,23-,30-/m0/s1. The van der Waals surface area contributed by atoms with Crippen molar-refractivity contribution in [2.45, 2.75) is 47.7 Å². The molecule has 2 unspecified atom stereocenters. The molecule has 4 aliphatic rings. The fraction of sp³-hybridized carbons (Fsp3) is 0.367. The number of carbonyl (C=O) groups is 1. The van der Waals surface area contributed by atoms with Crippen LogP contribution in [0.15, 0.2) is 53.6 Å². The smallest absolute Gasteiger partial charge is 0.244 e. The minimum absolute atomic E-state index is 0.0115. The highest BCUT2D eigenvalue weighted by Gasteiger charge is 2.65. The molecule has 1 aliphatic carbocycles. The first-order valence-electron chi connectivity index (χ1n) is 14.2. The molecule has 4 aromatic rings. The number of morpholine rings is 1. The van der Waals surface area contributed by atoms with Crippen LogP contribution in [0.25, 0.3) is 10.9 Å². The average Bonchev–Trinajstić information content (AvgIpc) is 3.40. The number of fused-ring (bicyclic) bond motifs is 5. The summed E-state index contributed by atoms with van der Waals surface area (Å²) in [5.41, 5.74) is 3.04. The molecule has 2 aromatic carbocycles. The maximum atomic E-state index is 13.4. The fourth-order valence-electron chi connectivity index (χ4n) is 6.90. The van der Waals surface area contributed by atoms with Gasteiger partial charge < -0.3 is 24.8 Å². The molecule has 4 atom stereocenters. The molecule has 43 heavy (non-hydrogen) atoms.